The first-order valence-electron chi connectivity index (χ1n) is 5.66. The van der Waals surface area contributed by atoms with Crippen molar-refractivity contribution in [1.82, 2.24) is 5.32 Å². The van der Waals surface area contributed by atoms with Gasteiger partial charge < -0.3 is 11.1 Å². The molecule has 0 aromatic rings. The molecule has 0 aromatic heterocycles. The third-order valence-electron chi connectivity index (χ3n) is 4.65. The van der Waals surface area contributed by atoms with E-state index in [2.05, 4.69) is 12.4 Å². The van der Waals surface area contributed by atoms with Crippen LogP contribution in [-0.4, -0.2) is 18.6 Å². The van der Waals surface area contributed by atoms with Crippen LogP contribution in [0, 0.1) is 17.8 Å². The van der Waals surface area contributed by atoms with E-state index in [4.69, 9.17) is 5.73 Å². The summed E-state index contributed by atoms with van der Waals surface area (Å²) >= 11 is 0. The van der Waals surface area contributed by atoms with E-state index in [1.54, 1.807) is 0 Å². The number of hydrogen-bond donors (Lipinski definition) is 2. The highest BCUT2D eigenvalue weighted by Crippen LogP contribution is 2.54. The van der Waals surface area contributed by atoms with Gasteiger partial charge in [0.15, 0.2) is 0 Å². The Labute approximate surface area is 80.3 Å². The summed E-state index contributed by atoms with van der Waals surface area (Å²) in [6.07, 6.45) is 6.77. The van der Waals surface area contributed by atoms with Crippen molar-refractivity contribution >= 4 is 0 Å². The monoisotopic (exact) mass is 180 g/mol. The Morgan fingerprint density at radius 3 is 2.23 bits per heavy atom. The Morgan fingerprint density at radius 2 is 1.77 bits per heavy atom. The van der Waals surface area contributed by atoms with Crippen molar-refractivity contribution in [2.45, 2.75) is 43.7 Å². The lowest BCUT2D eigenvalue weighted by Crippen LogP contribution is -2.63. The summed E-state index contributed by atoms with van der Waals surface area (Å²) in [7, 11) is 2.12. The van der Waals surface area contributed by atoms with E-state index in [0.717, 1.165) is 23.8 Å². The molecule has 0 amide bonds. The standard InChI is InChI=1S/C11H20N2/c1-13-10-8-2-7-3-9(10)6-11(12,4-7)5-8/h7-10,13H,2-6,12H2,1H3. The molecule has 0 aliphatic heterocycles. The molecule has 74 valence electrons. The van der Waals surface area contributed by atoms with Crippen LogP contribution in [0.2, 0.25) is 0 Å². The molecule has 4 bridgehead atoms. The topological polar surface area (TPSA) is 38.0 Å². The highest BCUT2D eigenvalue weighted by Gasteiger charge is 2.53. The maximum absolute atomic E-state index is 6.41. The molecule has 0 radical (unpaired) electrons. The summed E-state index contributed by atoms with van der Waals surface area (Å²) in [6.45, 7) is 0. The van der Waals surface area contributed by atoms with E-state index in [1.165, 1.54) is 32.1 Å². The molecule has 4 aliphatic carbocycles. The molecule has 0 aromatic carbocycles. The minimum Gasteiger partial charge on any atom is -0.325 e. The Balaban J connectivity index is 1.90. The van der Waals surface area contributed by atoms with E-state index >= 15 is 0 Å². The van der Waals surface area contributed by atoms with Gasteiger partial charge in [0.2, 0.25) is 0 Å². The third kappa shape index (κ3) is 1.08. The van der Waals surface area contributed by atoms with Crippen LogP contribution in [0.4, 0.5) is 0 Å². The molecule has 2 atom stereocenters. The van der Waals surface area contributed by atoms with Gasteiger partial charge >= 0.3 is 0 Å². The van der Waals surface area contributed by atoms with Gasteiger partial charge in [-0.25, -0.2) is 0 Å². The predicted molar refractivity (Wildman–Crippen MR) is 53.3 cm³/mol. The van der Waals surface area contributed by atoms with Gasteiger partial charge in [-0.1, -0.05) is 0 Å². The Kier molecular flexibility index (Phi) is 1.58. The van der Waals surface area contributed by atoms with Crippen molar-refractivity contribution in [3.05, 3.63) is 0 Å². The van der Waals surface area contributed by atoms with Crippen molar-refractivity contribution in [2.24, 2.45) is 23.5 Å². The lowest BCUT2D eigenvalue weighted by molar-refractivity contribution is -0.0274. The van der Waals surface area contributed by atoms with Crippen LogP contribution in [0.15, 0.2) is 0 Å². The molecule has 2 unspecified atom stereocenters. The summed E-state index contributed by atoms with van der Waals surface area (Å²) < 4.78 is 0. The summed E-state index contributed by atoms with van der Waals surface area (Å²) in [6, 6.07) is 0.785. The largest absolute Gasteiger partial charge is 0.325 e. The highest BCUT2D eigenvalue weighted by molar-refractivity contribution is 5.09. The zero-order chi connectivity index (χ0) is 9.05. The van der Waals surface area contributed by atoms with Crippen molar-refractivity contribution in [3.8, 4) is 0 Å². The SMILES string of the molecule is CNC1C2CC3CC1CC(N)(C3)C2. The van der Waals surface area contributed by atoms with E-state index in [-0.39, 0.29) is 5.54 Å². The first-order chi connectivity index (χ1) is 6.20. The van der Waals surface area contributed by atoms with E-state index in [0.29, 0.717) is 0 Å². The van der Waals surface area contributed by atoms with Gasteiger partial charge in [-0.15, -0.1) is 0 Å². The summed E-state index contributed by atoms with van der Waals surface area (Å²) in [5.41, 5.74) is 6.65. The van der Waals surface area contributed by atoms with Crippen LogP contribution in [0.25, 0.3) is 0 Å². The molecule has 4 saturated carbocycles. The zero-order valence-corrected chi connectivity index (χ0v) is 8.42. The molecule has 4 aliphatic rings. The quantitative estimate of drug-likeness (QED) is 0.634. The highest BCUT2D eigenvalue weighted by atomic mass is 14.9. The Hall–Kier alpha value is -0.0800. The average molecular weight is 180 g/mol. The van der Waals surface area contributed by atoms with Crippen molar-refractivity contribution in [2.75, 3.05) is 7.05 Å². The van der Waals surface area contributed by atoms with Crippen LogP contribution < -0.4 is 11.1 Å². The van der Waals surface area contributed by atoms with Crippen LogP contribution in [0.1, 0.15) is 32.1 Å². The maximum Gasteiger partial charge on any atom is 0.0163 e. The van der Waals surface area contributed by atoms with Gasteiger partial charge in [0, 0.05) is 11.6 Å². The molecule has 0 heterocycles. The van der Waals surface area contributed by atoms with Crippen molar-refractivity contribution < 1.29 is 0 Å². The average Bonchev–Trinajstić information content (AvgIpc) is 2.00. The van der Waals surface area contributed by atoms with Gasteiger partial charge in [-0.2, -0.15) is 0 Å². The minimum atomic E-state index is 0.240. The first-order valence-corrected chi connectivity index (χ1v) is 5.66. The van der Waals surface area contributed by atoms with Gasteiger partial charge in [0.25, 0.3) is 0 Å². The molecule has 2 nitrogen and oxygen atoms in total. The second-order valence-electron chi connectivity index (χ2n) is 5.65. The van der Waals surface area contributed by atoms with Crippen LogP contribution in [-0.2, 0) is 0 Å². The van der Waals surface area contributed by atoms with Crippen LogP contribution in [0.5, 0.6) is 0 Å². The lowest BCUT2D eigenvalue weighted by Gasteiger charge is -2.58. The van der Waals surface area contributed by atoms with E-state index < -0.39 is 0 Å². The molecule has 0 saturated heterocycles. The van der Waals surface area contributed by atoms with Crippen LogP contribution in [0.3, 0.4) is 0 Å². The summed E-state index contributed by atoms with van der Waals surface area (Å²) in [4.78, 5) is 0. The smallest absolute Gasteiger partial charge is 0.0163 e. The summed E-state index contributed by atoms with van der Waals surface area (Å²) in [5, 5.41) is 3.51. The number of nitrogens with two attached hydrogens (primary N) is 1. The summed E-state index contributed by atoms with van der Waals surface area (Å²) in [5.74, 6) is 2.74. The van der Waals surface area contributed by atoms with Gasteiger partial charge in [0.1, 0.15) is 0 Å². The Bertz CT molecular complexity index is 210. The molecule has 4 rings (SSSR count). The van der Waals surface area contributed by atoms with Crippen LogP contribution >= 0.6 is 0 Å². The van der Waals surface area contributed by atoms with Gasteiger partial charge in [0.05, 0.1) is 0 Å². The molecular weight excluding hydrogens is 160 g/mol. The molecule has 2 heteroatoms. The molecule has 13 heavy (non-hydrogen) atoms. The fourth-order valence-corrected chi connectivity index (χ4v) is 4.56. The third-order valence-corrected chi connectivity index (χ3v) is 4.65. The molecular formula is C11H20N2. The van der Waals surface area contributed by atoms with Crippen molar-refractivity contribution in [3.63, 3.8) is 0 Å². The van der Waals surface area contributed by atoms with E-state index in [9.17, 15) is 0 Å². The maximum atomic E-state index is 6.41. The van der Waals surface area contributed by atoms with E-state index in [1.807, 2.05) is 0 Å². The predicted octanol–water partition coefficient (Wildman–Crippen LogP) is 1.11. The first kappa shape index (κ1) is 8.25. The number of hydrogen-bond acceptors (Lipinski definition) is 2. The lowest BCUT2D eigenvalue weighted by atomic mass is 9.51. The normalized spacial score (nSPS) is 58.6. The fourth-order valence-electron chi connectivity index (χ4n) is 4.56. The Morgan fingerprint density at radius 1 is 1.15 bits per heavy atom. The molecule has 4 fully saturated rings. The second kappa shape index (κ2) is 2.48. The molecule has 3 N–H and O–H groups in total. The zero-order valence-electron chi connectivity index (χ0n) is 8.42. The number of nitrogens with one attached hydrogen (secondary N) is 1. The second-order valence-corrected chi connectivity index (χ2v) is 5.65. The molecule has 0 spiro atoms. The van der Waals surface area contributed by atoms with Crippen molar-refractivity contribution in [1.29, 1.82) is 0 Å². The number of rotatable bonds is 1. The van der Waals surface area contributed by atoms with Gasteiger partial charge in [-0.05, 0) is 56.9 Å². The minimum absolute atomic E-state index is 0.240. The van der Waals surface area contributed by atoms with Gasteiger partial charge in [-0.3, -0.25) is 0 Å². The fraction of sp³-hybridized carbons (Fsp3) is 1.00.